The molecule has 2 N–H and O–H groups in total. The second-order valence-electron chi connectivity index (χ2n) is 6.54. The summed E-state index contributed by atoms with van der Waals surface area (Å²) in [5.41, 5.74) is 2.74. The lowest BCUT2D eigenvalue weighted by molar-refractivity contribution is -0.115. The Hall–Kier alpha value is -4.01. The van der Waals surface area contributed by atoms with Gasteiger partial charge in [0.15, 0.2) is 17.1 Å². The number of nitrogens with one attached hydrogen (secondary N) is 2. The lowest BCUT2D eigenvalue weighted by atomic mass is 10.2. The fourth-order valence-electron chi connectivity index (χ4n) is 3.13. The maximum Gasteiger partial charge on any atom is 0.417 e. The van der Waals surface area contributed by atoms with E-state index in [9.17, 15) is 9.59 Å². The molecule has 29 heavy (non-hydrogen) atoms. The van der Waals surface area contributed by atoms with Crippen LogP contribution in [-0.2, 0) is 11.2 Å². The maximum atomic E-state index is 12.4. The van der Waals surface area contributed by atoms with E-state index >= 15 is 0 Å². The normalized spacial score (nSPS) is 12.4. The van der Waals surface area contributed by atoms with Crippen LogP contribution in [0.3, 0.4) is 0 Å². The van der Waals surface area contributed by atoms with Gasteiger partial charge < -0.3 is 23.6 Å². The van der Waals surface area contributed by atoms with E-state index in [0.29, 0.717) is 45.6 Å². The van der Waals surface area contributed by atoms with Crippen LogP contribution in [0.2, 0.25) is 0 Å². The van der Waals surface area contributed by atoms with Gasteiger partial charge in [-0.2, -0.15) is 0 Å². The molecule has 0 radical (unpaired) electrons. The Bertz CT molecular complexity index is 1300. The summed E-state index contributed by atoms with van der Waals surface area (Å²) >= 11 is 0. The Morgan fingerprint density at radius 1 is 1.14 bits per heavy atom. The standard InChI is InChI=1S/C20H15N3O6/c1-10-13(22-19(28-10)11-2-4-16-17(6-11)27-9-26-16)8-18(24)21-12-3-5-15-14(7-12)23-20(25)29-15/h2-7H,8-9H2,1H3,(H,21,24)(H,23,25). The molecule has 0 fully saturated rings. The van der Waals surface area contributed by atoms with Gasteiger partial charge in [0, 0.05) is 11.3 Å². The van der Waals surface area contributed by atoms with Crippen molar-refractivity contribution in [2.45, 2.75) is 13.3 Å². The van der Waals surface area contributed by atoms with Crippen LogP contribution in [0.15, 0.2) is 50.0 Å². The number of carbonyl (C=O) groups excluding carboxylic acids is 1. The van der Waals surface area contributed by atoms with Gasteiger partial charge in [-0.1, -0.05) is 0 Å². The van der Waals surface area contributed by atoms with E-state index in [4.69, 9.17) is 18.3 Å². The third kappa shape index (κ3) is 3.22. The van der Waals surface area contributed by atoms with E-state index in [-0.39, 0.29) is 19.1 Å². The molecule has 0 atom stereocenters. The van der Waals surface area contributed by atoms with Crippen LogP contribution < -0.4 is 20.5 Å². The smallest absolute Gasteiger partial charge is 0.417 e. The zero-order valence-electron chi connectivity index (χ0n) is 15.3. The van der Waals surface area contributed by atoms with Gasteiger partial charge in [-0.25, -0.2) is 9.78 Å². The van der Waals surface area contributed by atoms with Crippen LogP contribution in [-0.4, -0.2) is 22.7 Å². The molecule has 0 aliphatic carbocycles. The molecule has 0 saturated carbocycles. The summed E-state index contributed by atoms with van der Waals surface area (Å²) < 4.78 is 21.4. The summed E-state index contributed by atoms with van der Waals surface area (Å²) in [5, 5.41) is 2.78. The van der Waals surface area contributed by atoms with E-state index < -0.39 is 5.76 Å². The summed E-state index contributed by atoms with van der Waals surface area (Å²) in [5.74, 6) is 1.46. The number of aryl methyl sites for hydroxylation is 1. The molecule has 9 nitrogen and oxygen atoms in total. The van der Waals surface area contributed by atoms with Gasteiger partial charge in [0.05, 0.1) is 17.6 Å². The number of amides is 1. The van der Waals surface area contributed by atoms with Crippen molar-refractivity contribution >= 4 is 22.7 Å². The predicted octanol–water partition coefficient (Wildman–Crippen LogP) is 2.99. The first-order valence-corrected chi connectivity index (χ1v) is 8.84. The number of ether oxygens (including phenoxy) is 2. The Balaban J connectivity index is 1.33. The van der Waals surface area contributed by atoms with Gasteiger partial charge in [-0.15, -0.1) is 0 Å². The Labute approximate surface area is 163 Å². The van der Waals surface area contributed by atoms with Crippen molar-refractivity contribution in [3.05, 3.63) is 58.4 Å². The monoisotopic (exact) mass is 393 g/mol. The van der Waals surface area contributed by atoms with E-state index in [1.54, 1.807) is 37.3 Å². The number of nitrogens with zero attached hydrogens (tertiary/aromatic N) is 1. The van der Waals surface area contributed by atoms with Crippen LogP contribution in [0.5, 0.6) is 11.5 Å². The molecule has 3 heterocycles. The molecule has 0 bridgehead atoms. The predicted molar refractivity (Wildman–Crippen MR) is 102 cm³/mol. The van der Waals surface area contributed by atoms with Gasteiger partial charge >= 0.3 is 5.76 Å². The van der Waals surface area contributed by atoms with Gasteiger partial charge in [0.2, 0.25) is 18.6 Å². The molecule has 1 amide bonds. The number of carbonyl (C=O) groups is 1. The van der Waals surface area contributed by atoms with Crippen LogP contribution in [0, 0.1) is 6.92 Å². The van der Waals surface area contributed by atoms with E-state index in [2.05, 4.69) is 15.3 Å². The molecular formula is C20H15N3O6. The number of hydrogen-bond acceptors (Lipinski definition) is 7. The quantitative estimate of drug-likeness (QED) is 0.547. The first kappa shape index (κ1) is 17.1. The fourth-order valence-corrected chi connectivity index (χ4v) is 3.13. The summed E-state index contributed by atoms with van der Waals surface area (Å²) in [7, 11) is 0. The Kier molecular flexibility index (Phi) is 3.87. The Morgan fingerprint density at radius 3 is 2.90 bits per heavy atom. The highest BCUT2D eigenvalue weighted by molar-refractivity contribution is 5.94. The lowest BCUT2D eigenvalue weighted by Crippen LogP contribution is -2.15. The fraction of sp³-hybridized carbons (Fsp3) is 0.150. The molecule has 0 saturated heterocycles. The molecule has 1 aliphatic rings. The minimum absolute atomic E-state index is 0.0415. The molecule has 2 aromatic heterocycles. The van der Waals surface area contributed by atoms with Crippen molar-refractivity contribution < 1.29 is 23.1 Å². The van der Waals surface area contributed by atoms with Gasteiger partial charge in [-0.3, -0.25) is 9.78 Å². The molecule has 4 aromatic rings. The minimum atomic E-state index is -0.544. The van der Waals surface area contributed by atoms with Crippen molar-refractivity contribution in [2.24, 2.45) is 0 Å². The topological polar surface area (TPSA) is 120 Å². The average molecular weight is 393 g/mol. The van der Waals surface area contributed by atoms with Gasteiger partial charge in [-0.05, 0) is 43.3 Å². The molecular weight excluding hydrogens is 378 g/mol. The number of aromatic amines is 1. The zero-order chi connectivity index (χ0) is 20.0. The highest BCUT2D eigenvalue weighted by Gasteiger charge is 2.19. The first-order valence-electron chi connectivity index (χ1n) is 8.84. The van der Waals surface area contributed by atoms with Crippen molar-refractivity contribution in [3.8, 4) is 23.0 Å². The zero-order valence-corrected chi connectivity index (χ0v) is 15.3. The molecule has 5 rings (SSSR count). The third-order valence-electron chi connectivity index (χ3n) is 4.54. The van der Waals surface area contributed by atoms with Crippen LogP contribution in [0.1, 0.15) is 11.5 Å². The molecule has 1 aliphatic heterocycles. The van der Waals surface area contributed by atoms with E-state index in [1.165, 1.54) is 0 Å². The van der Waals surface area contributed by atoms with Crippen molar-refractivity contribution in [2.75, 3.05) is 12.1 Å². The number of anilines is 1. The summed E-state index contributed by atoms with van der Waals surface area (Å²) in [6.45, 7) is 1.95. The third-order valence-corrected chi connectivity index (χ3v) is 4.54. The van der Waals surface area contributed by atoms with Crippen molar-refractivity contribution in [1.29, 1.82) is 0 Å². The Morgan fingerprint density at radius 2 is 2.00 bits per heavy atom. The van der Waals surface area contributed by atoms with Gasteiger partial charge in [0.25, 0.3) is 0 Å². The molecule has 9 heteroatoms. The van der Waals surface area contributed by atoms with Gasteiger partial charge in [0.1, 0.15) is 5.76 Å². The van der Waals surface area contributed by atoms with Crippen LogP contribution in [0.25, 0.3) is 22.6 Å². The number of fused-ring (bicyclic) bond motifs is 2. The molecule has 2 aromatic carbocycles. The van der Waals surface area contributed by atoms with Crippen molar-refractivity contribution in [3.63, 3.8) is 0 Å². The highest BCUT2D eigenvalue weighted by atomic mass is 16.7. The number of H-pyrrole nitrogens is 1. The van der Waals surface area contributed by atoms with E-state index in [0.717, 1.165) is 5.56 Å². The number of rotatable bonds is 4. The number of aromatic nitrogens is 2. The van der Waals surface area contributed by atoms with Crippen molar-refractivity contribution in [1.82, 2.24) is 9.97 Å². The highest BCUT2D eigenvalue weighted by Crippen LogP contribution is 2.36. The molecule has 0 unspecified atom stereocenters. The second-order valence-corrected chi connectivity index (χ2v) is 6.54. The lowest BCUT2D eigenvalue weighted by Gasteiger charge is -2.03. The van der Waals surface area contributed by atoms with Crippen LogP contribution in [0.4, 0.5) is 5.69 Å². The van der Waals surface area contributed by atoms with E-state index in [1.807, 2.05) is 6.07 Å². The SMILES string of the molecule is Cc1oc(-c2ccc3c(c2)OCO3)nc1CC(=O)Nc1ccc2oc(=O)[nH]c2c1. The maximum absolute atomic E-state index is 12.4. The second kappa shape index (κ2) is 6.55. The van der Waals surface area contributed by atoms with Crippen LogP contribution >= 0.6 is 0 Å². The first-order chi connectivity index (χ1) is 14.0. The number of benzene rings is 2. The number of hydrogen-bond donors (Lipinski definition) is 2. The number of oxazole rings is 2. The summed E-state index contributed by atoms with van der Waals surface area (Å²) in [6.07, 6.45) is 0.0415. The summed E-state index contributed by atoms with van der Waals surface area (Å²) in [4.78, 5) is 30.7. The average Bonchev–Trinajstić information content (AvgIpc) is 3.39. The minimum Gasteiger partial charge on any atom is -0.454 e. The summed E-state index contributed by atoms with van der Waals surface area (Å²) in [6, 6.07) is 10.3. The molecule has 0 spiro atoms. The largest absolute Gasteiger partial charge is 0.454 e. The molecule has 146 valence electrons.